The first-order valence-electron chi connectivity index (χ1n) is 16.6. The number of carbonyl (C=O) groups is 1. The topological polar surface area (TPSA) is 20.3 Å². The fraction of sp³-hybridized carbons (Fsp3) is 0.178. The van der Waals surface area contributed by atoms with Crippen LogP contribution in [0.25, 0.3) is 0 Å². The average Bonchev–Trinajstić information content (AvgIpc) is 3.10. The van der Waals surface area contributed by atoms with Crippen molar-refractivity contribution in [2.75, 3.05) is 4.90 Å². The van der Waals surface area contributed by atoms with Crippen LogP contribution < -0.4 is 4.90 Å². The van der Waals surface area contributed by atoms with E-state index in [1.54, 1.807) is 0 Å². The predicted molar refractivity (Wildman–Crippen MR) is 202 cm³/mol. The molecule has 0 fully saturated rings. The quantitative estimate of drug-likeness (QED) is 0.159. The number of rotatable bonds is 6. The van der Waals surface area contributed by atoms with Crippen LogP contribution in [0.1, 0.15) is 76.5 Å². The lowest BCUT2D eigenvalue weighted by Gasteiger charge is -2.52. The average molecular weight is 691 g/mol. The van der Waals surface area contributed by atoms with Crippen LogP contribution in [0.15, 0.2) is 162 Å². The molecule has 1 atom stereocenters. The van der Waals surface area contributed by atoms with Gasteiger partial charge in [0.15, 0.2) is 0 Å². The Hall–Kier alpha value is -4.73. The zero-order valence-corrected chi connectivity index (χ0v) is 29.5. The minimum atomic E-state index is -0.597. The van der Waals surface area contributed by atoms with Gasteiger partial charge in [-0.15, -0.1) is 0 Å². The third kappa shape index (κ3) is 5.31. The minimum absolute atomic E-state index is 0.00731. The monoisotopic (exact) mass is 689 g/mol. The van der Waals surface area contributed by atoms with Gasteiger partial charge < -0.3 is 4.90 Å². The molecule has 0 aliphatic carbocycles. The van der Waals surface area contributed by atoms with E-state index in [1.807, 2.05) is 29.2 Å². The van der Waals surface area contributed by atoms with Gasteiger partial charge in [-0.2, -0.15) is 0 Å². The Balaban J connectivity index is 1.55. The number of anilines is 1. The molecule has 1 heterocycles. The number of benzene rings is 6. The van der Waals surface area contributed by atoms with Crippen molar-refractivity contribution in [3.05, 3.63) is 207 Å². The van der Waals surface area contributed by atoms with Crippen LogP contribution in [0.4, 0.5) is 5.69 Å². The maximum absolute atomic E-state index is 14.5. The maximum Gasteiger partial charge on any atom is 0.258 e. The highest BCUT2D eigenvalue weighted by Gasteiger charge is 2.49. The molecule has 7 rings (SSSR count). The van der Waals surface area contributed by atoms with Gasteiger partial charge in [0.2, 0.25) is 0 Å². The van der Waals surface area contributed by atoms with E-state index in [9.17, 15) is 4.79 Å². The second kappa shape index (κ2) is 12.4. The lowest BCUT2D eigenvalue weighted by molar-refractivity contribution is 0.0948. The van der Waals surface area contributed by atoms with Gasteiger partial charge in [0, 0.05) is 26.7 Å². The zero-order valence-electron chi connectivity index (χ0n) is 28.0. The largest absolute Gasteiger partial charge is 0.302 e. The molecule has 48 heavy (non-hydrogen) atoms. The first-order chi connectivity index (χ1) is 23.1. The van der Waals surface area contributed by atoms with Crippen LogP contribution in [0.3, 0.4) is 0 Å². The summed E-state index contributed by atoms with van der Waals surface area (Å²) >= 11 is 3.54. The Morgan fingerprint density at radius 1 is 0.625 bits per heavy atom. The normalized spacial score (nSPS) is 17.1. The first kappa shape index (κ1) is 31.8. The van der Waals surface area contributed by atoms with Crippen molar-refractivity contribution >= 4 is 27.5 Å². The summed E-state index contributed by atoms with van der Waals surface area (Å²) < 4.78 is 0.952. The lowest BCUT2D eigenvalue weighted by atomic mass is 9.61. The summed E-state index contributed by atoms with van der Waals surface area (Å²) in [7, 11) is 0. The molecule has 1 amide bonds. The summed E-state index contributed by atoms with van der Waals surface area (Å²) in [4.78, 5) is 16.6. The molecular weight excluding hydrogens is 650 g/mol. The predicted octanol–water partition coefficient (Wildman–Crippen LogP) is 11.3. The number of aryl methyl sites for hydroxylation is 1. The standard InChI is InChI=1S/C45H40BrNO/c1-32-20-24-34(25-21-32)44(4)31-43(2,3)47(42(48)33-22-27-39(46)28-23-33)41-29-26-38(30-40(41)44)45(35-14-8-5-9-15-35,36-16-10-6-11-17-36)37-18-12-7-13-19-37/h5-30H,31H2,1-4H3/t44-/m1/s1. The second-order valence-corrected chi connectivity index (χ2v) is 14.8. The molecule has 0 bridgehead atoms. The molecule has 6 aromatic carbocycles. The minimum Gasteiger partial charge on any atom is -0.302 e. The van der Waals surface area contributed by atoms with E-state index in [0.29, 0.717) is 5.56 Å². The molecule has 6 aromatic rings. The van der Waals surface area contributed by atoms with Crippen LogP contribution >= 0.6 is 15.9 Å². The molecule has 0 radical (unpaired) electrons. The maximum atomic E-state index is 14.5. The van der Waals surface area contributed by atoms with Crippen molar-refractivity contribution in [1.82, 2.24) is 0 Å². The Labute approximate surface area is 293 Å². The fourth-order valence-corrected chi connectivity index (χ4v) is 8.39. The number of carbonyl (C=O) groups excluding carboxylic acids is 1. The number of hydrogen-bond donors (Lipinski definition) is 0. The molecule has 3 heteroatoms. The van der Waals surface area contributed by atoms with Gasteiger partial charge in [-0.25, -0.2) is 0 Å². The second-order valence-electron chi connectivity index (χ2n) is 13.9. The van der Waals surface area contributed by atoms with Crippen molar-refractivity contribution in [3.8, 4) is 0 Å². The summed E-state index contributed by atoms with van der Waals surface area (Å²) in [5, 5.41) is 0. The Kier molecular flexibility index (Phi) is 8.21. The number of nitrogens with zero attached hydrogens (tertiary/aromatic N) is 1. The van der Waals surface area contributed by atoms with Gasteiger partial charge in [0.05, 0.1) is 5.41 Å². The van der Waals surface area contributed by atoms with Crippen LogP contribution in [-0.4, -0.2) is 11.4 Å². The first-order valence-corrected chi connectivity index (χ1v) is 17.4. The van der Waals surface area contributed by atoms with Gasteiger partial charge in [-0.3, -0.25) is 4.79 Å². The van der Waals surface area contributed by atoms with E-state index in [4.69, 9.17) is 0 Å². The molecule has 0 N–H and O–H groups in total. The fourth-order valence-electron chi connectivity index (χ4n) is 8.12. The van der Waals surface area contributed by atoms with Gasteiger partial charge in [0.1, 0.15) is 0 Å². The van der Waals surface area contributed by atoms with Gasteiger partial charge in [-0.05, 0) is 90.9 Å². The highest BCUT2D eigenvalue weighted by molar-refractivity contribution is 9.10. The molecule has 2 nitrogen and oxygen atoms in total. The van der Waals surface area contributed by atoms with Crippen LogP contribution in [-0.2, 0) is 10.8 Å². The van der Waals surface area contributed by atoms with Crippen molar-refractivity contribution in [1.29, 1.82) is 0 Å². The van der Waals surface area contributed by atoms with Gasteiger partial charge in [-0.1, -0.05) is 156 Å². The van der Waals surface area contributed by atoms with E-state index < -0.39 is 11.0 Å². The highest BCUT2D eigenvalue weighted by Crippen LogP contribution is 2.54. The number of fused-ring (bicyclic) bond motifs is 1. The number of amides is 1. The Morgan fingerprint density at radius 2 is 1.12 bits per heavy atom. The summed E-state index contributed by atoms with van der Waals surface area (Å²) in [6.07, 6.45) is 0.761. The van der Waals surface area contributed by atoms with E-state index in [1.165, 1.54) is 33.4 Å². The molecule has 238 valence electrons. The van der Waals surface area contributed by atoms with E-state index in [0.717, 1.165) is 22.1 Å². The third-order valence-corrected chi connectivity index (χ3v) is 10.8. The highest BCUT2D eigenvalue weighted by atomic mass is 79.9. The van der Waals surface area contributed by atoms with E-state index >= 15 is 0 Å². The molecule has 0 aromatic heterocycles. The summed E-state index contributed by atoms with van der Waals surface area (Å²) in [5.41, 5.74) is 8.58. The molecule has 0 spiro atoms. The molecule has 1 aliphatic heterocycles. The summed E-state index contributed by atoms with van der Waals surface area (Å²) in [6.45, 7) is 8.90. The summed E-state index contributed by atoms with van der Waals surface area (Å²) in [5.74, 6) is 0.00731. The third-order valence-electron chi connectivity index (χ3n) is 10.3. The number of halogens is 1. The van der Waals surface area contributed by atoms with Crippen molar-refractivity contribution in [2.45, 2.75) is 50.5 Å². The molecule has 0 saturated heterocycles. The lowest BCUT2D eigenvalue weighted by Crippen LogP contribution is -2.56. The van der Waals surface area contributed by atoms with Crippen LogP contribution in [0, 0.1) is 6.92 Å². The molecule has 0 unspecified atom stereocenters. The summed E-state index contributed by atoms with van der Waals surface area (Å²) in [6, 6.07) is 56.0. The van der Waals surface area contributed by atoms with E-state index in [2.05, 4.69) is 177 Å². The molecular formula is C45H40BrNO. The molecule has 1 aliphatic rings. The smallest absolute Gasteiger partial charge is 0.258 e. The van der Waals surface area contributed by atoms with Crippen LogP contribution in [0.5, 0.6) is 0 Å². The van der Waals surface area contributed by atoms with Crippen LogP contribution in [0.2, 0.25) is 0 Å². The SMILES string of the molecule is Cc1ccc([C@@]2(C)CC(C)(C)N(C(=O)c3ccc(Br)cc3)c3ccc(C(c4ccccc4)(c4ccccc4)c4ccccc4)cc32)cc1. The Morgan fingerprint density at radius 3 is 1.62 bits per heavy atom. The molecule has 0 saturated carbocycles. The van der Waals surface area contributed by atoms with Gasteiger partial charge >= 0.3 is 0 Å². The Bertz CT molecular complexity index is 1960. The zero-order chi connectivity index (χ0) is 33.5. The van der Waals surface area contributed by atoms with Crippen molar-refractivity contribution in [2.24, 2.45) is 0 Å². The van der Waals surface area contributed by atoms with Crippen molar-refractivity contribution in [3.63, 3.8) is 0 Å². The van der Waals surface area contributed by atoms with Crippen molar-refractivity contribution < 1.29 is 4.79 Å². The number of hydrogen-bond acceptors (Lipinski definition) is 1. The van der Waals surface area contributed by atoms with Gasteiger partial charge in [0.25, 0.3) is 5.91 Å². The van der Waals surface area contributed by atoms with E-state index in [-0.39, 0.29) is 11.3 Å².